The predicted molar refractivity (Wildman–Crippen MR) is 116 cm³/mol. The van der Waals surface area contributed by atoms with Gasteiger partial charge in [0.15, 0.2) is 0 Å². The molecule has 0 aromatic rings. The van der Waals surface area contributed by atoms with Crippen molar-refractivity contribution in [2.45, 2.75) is 115 Å². The van der Waals surface area contributed by atoms with E-state index in [1.54, 1.807) is 5.57 Å². The highest BCUT2D eigenvalue weighted by Crippen LogP contribution is 2.70. The van der Waals surface area contributed by atoms with Gasteiger partial charge in [0.2, 0.25) is 8.32 Å². The Kier molecular flexibility index (Phi) is 4.94. The summed E-state index contributed by atoms with van der Waals surface area (Å²) in [7, 11) is -1.96. The molecule has 0 aromatic heterocycles. The summed E-state index contributed by atoms with van der Waals surface area (Å²) in [5, 5.41) is 0. The Bertz CT molecular complexity index is 654. The summed E-state index contributed by atoms with van der Waals surface area (Å²) in [5.41, 5.74) is 3.36. The summed E-state index contributed by atoms with van der Waals surface area (Å²) >= 11 is 0. The number of hydrogen-bond donors (Lipinski definition) is 0. The Labute approximate surface area is 172 Å². The SMILES string of the molecule is CC(C)[Si](O[C@H]1C/C=C2/CC[C@]3(C)OC(=O)[C@H](C1)C3C21CC1)(C(C)C)C(C)C. The van der Waals surface area contributed by atoms with Crippen LogP contribution in [0.15, 0.2) is 11.6 Å². The van der Waals surface area contributed by atoms with Crippen LogP contribution in [0.4, 0.5) is 0 Å². The molecule has 4 rings (SSSR count). The maximum Gasteiger partial charge on any atom is 0.310 e. The van der Waals surface area contributed by atoms with Gasteiger partial charge in [-0.15, -0.1) is 0 Å². The minimum atomic E-state index is -1.96. The molecule has 0 aromatic carbocycles. The van der Waals surface area contributed by atoms with E-state index in [4.69, 9.17) is 9.16 Å². The highest BCUT2D eigenvalue weighted by atomic mass is 28.4. The van der Waals surface area contributed by atoms with E-state index in [9.17, 15) is 4.79 Å². The minimum absolute atomic E-state index is 0.0275. The van der Waals surface area contributed by atoms with Crippen LogP contribution in [0.1, 0.15) is 87.0 Å². The quantitative estimate of drug-likeness (QED) is 0.302. The molecule has 4 aliphatic rings. The van der Waals surface area contributed by atoms with Crippen molar-refractivity contribution in [1.29, 1.82) is 0 Å². The molecular formula is C24H40O3Si. The molecule has 1 aliphatic heterocycles. The highest BCUT2D eigenvalue weighted by Gasteiger charge is 2.69. The van der Waals surface area contributed by atoms with Gasteiger partial charge in [-0.05, 0) is 67.5 Å². The van der Waals surface area contributed by atoms with Gasteiger partial charge >= 0.3 is 5.97 Å². The summed E-state index contributed by atoms with van der Waals surface area (Å²) < 4.78 is 13.3. The fraction of sp³-hybridized carbons (Fsp3) is 0.875. The second-order valence-electron chi connectivity index (χ2n) is 11.2. The van der Waals surface area contributed by atoms with Gasteiger partial charge < -0.3 is 9.16 Å². The van der Waals surface area contributed by atoms with E-state index in [-0.39, 0.29) is 29.0 Å². The zero-order valence-electron chi connectivity index (χ0n) is 19.0. The van der Waals surface area contributed by atoms with Gasteiger partial charge in [0.05, 0.1) is 5.92 Å². The molecule has 1 unspecified atom stereocenters. The average Bonchev–Trinajstić information content (AvgIpc) is 3.31. The standard InChI is InChI=1S/C24H40O3Si/c1-15(2)28(16(3)4,17(5)6)27-19-9-8-18-10-11-23(7)21(24(18)12-13-24)20(14-19)22(25)26-23/h8,15-17,19-21H,9-14H2,1-7H3/b18-8-/t19-,20+,21?,23-/m0/s1. The van der Waals surface area contributed by atoms with E-state index in [1.807, 2.05) is 0 Å². The third-order valence-electron chi connectivity index (χ3n) is 8.83. The lowest BCUT2D eigenvalue weighted by Gasteiger charge is -2.47. The molecule has 158 valence electrons. The van der Waals surface area contributed by atoms with Crippen LogP contribution in [0.25, 0.3) is 0 Å². The molecule has 0 radical (unpaired) electrons. The Balaban J connectivity index is 1.69. The lowest BCUT2D eigenvalue weighted by Crippen LogP contribution is -2.51. The molecule has 3 fully saturated rings. The maximum absolute atomic E-state index is 13.0. The van der Waals surface area contributed by atoms with Gasteiger partial charge in [0.25, 0.3) is 0 Å². The monoisotopic (exact) mass is 404 g/mol. The molecule has 28 heavy (non-hydrogen) atoms. The van der Waals surface area contributed by atoms with Gasteiger partial charge in [0, 0.05) is 12.0 Å². The summed E-state index contributed by atoms with van der Waals surface area (Å²) in [4.78, 5) is 13.0. The molecule has 0 N–H and O–H groups in total. The van der Waals surface area contributed by atoms with Crippen molar-refractivity contribution in [3.63, 3.8) is 0 Å². The molecule has 2 saturated carbocycles. The first-order chi connectivity index (χ1) is 13.1. The van der Waals surface area contributed by atoms with Crippen LogP contribution in [0.5, 0.6) is 0 Å². The van der Waals surface area contributed by atoms with Crippen LogP contribution in [0.3, 0.4) is 0 Å². The van der Waals surface area contributed by atoms with Crippen molar-refractivity contribution < 1.29 is 14.0 Å². The summed E-state index contributed by atoms with van der Waals surface area (Å²) in [6.45, 7) is 16.3. The summed E-state index contributed by atoms with van der Waals surface area (Å²) in [6, 6.07) is 0. The van der Waals surface area contributed by atoms with Crippen LogP contribution in [0.2, 0.25) is 16.6 Å². The molecule has 4 atom stereocenters. The minimum Gasteiger partial charge on any atom is -0.459 e. The van der Waals surface area contributed by atoms with E-state index < -0.39 is 8.32 Å². The lowest BCUT2D eigenvalue weighted by atomic mass is 9.60. The van der Waals surface area contributed by atoms with Gasteiger partial charge in [-0.3, -0.25) is 4.79 Å². The third-order valence-corrected chi connectivity index (χ3v) is 15.0. The van der Waals surface area contributed by atoms with Crippen LogP contribution in [0, 0.1) is 17.3 Å². The molecule has 1 saturated heterocycles. The lowest BCUT2D eigenvalue weighted by molar-refractivity contribution is -0.151. The maximum atomic E-state index is 13.0. The van der Waals surface area contributed by atoms with Crippen molar-refractivity contribution in [3.05, 3.63) is 11.6 Å². The van der Waals surface area contributed by atoms with E-state index in [1.165, 1.54) is 12.8 Å². The number of hydrogen-bond acceptors (Lipinski definition) is 3. The van der Waals surface area contributed by atoms with E-state index in [0.29, 0.717) is 22.5 Å². The Morgan fingerprint density at radius 3 is 2.21 bits per heavy atom. The summed E-state index contributed by atoms with van der Waals surface area (Å²) in [5.74, 6) is 0.452. The first-order valence-electron chi connectivity index (χ1n) is 11.7. The third kappa shape index (κ3) is 2.80. The van der Waals surface area contributed by atoms with Crippen LogP contribution < -0.4 is 0 Å². The highest BCUT2D eigenvalue weighted by molar-refractivity contribution is 6.77. The summed E-state index contributed by atoms with van der Waals surface area (Å²) in [6.07, 6.45) is 9.11. The normalized spacial score (nSPS) is 38.4. The van der Waals surface area contributed by atoms with Crippen molar-refractivity contribution in [3.8, 4) is 0 Å². The topological polar surface area (TPSA) is 35.5 Å². The molecule has 1 spiro atoms. The first-order valence-corrected chi connectivity index (χ1v) is 13.8. The van der Waals surface area contributed by atoms with E-state index in [2.05, 4.69) is 54.5 Å². The van der Waals surface area contributed by atoms with Crippen LogP contribution >= 0.6 is 0 Å². The Hall–Kier alpha value is -0.613. The molecular weight excluding hydrogens is 364 g/mol. The second kappa shape index (κ2) is 6.70. The van der Waals surface area contributed by atoms with Crippen molar-refractivity contribution in [2.24, 2.45) is 17.3 Å². The number of carbonyl (C=O) groups excluding carboxylic acids is 1. The largest absolute Gasteiger partial charge is 0.459 e. The molecule has 0 amide bonds. The second-order valence-corrected chi connectivity index (χ2v) is 16.6. The number of carbonyl (C=O) groups is 1. The average molecular weight is 405 g/mol. The van der Waals surface area contributed by atoms with E-state index in [0.717, 1.165) is 25.7 Å². The Morgan fingerprint density at radius 1 is 1.07 bits per heavy atom. The zero-order valence-corrected chi connectivity index (χ0v) is 20.0. The van der Waals surface area contributed by atoms with Crippen molar-refractivity contribution in [1.82, 2.24) is 0 Å². The molecule has 2 bridgehead atoms. The van der Waals surface area contributed by atoms with Crippen molar-refractivity contribution >= 4 is 14.3 Å². The van der Waals surface area contributed by atoms with Crippen molar-refractivity contribution in [2.75, 3.05) is 0 Å². The number of allylic oxidation sites excluding steroid dienone is 1. The van der Waals surface area contributed by atoms with Crippen LogP contribution in [-0.2, 0) is 14.0 Å². The number of ether oxygens (including phenoxy) is 1. The number of rotatable bonds is 5. The molecule has 3 nitrogen and oxygen atoms in total. The van der Waals surface area contributed by atoms with Gasteiger partial charge in [-0.2, -0.15) is 0 Å². The zero-order chi connectivity index (χ0) is 20.5. The van der Waals surface area contributed by atoms with Gasteiger partial charge in [-0.25, -0.2) is 0 Å². The predicted octanol–water partition coefficient (Wildman–Crippen LogP) is 6.39. The fourth-order valence-corrected chi connectivity index (χ4v) is 13.3. The smallest absolute Gasteiger partial charge is 0.310 e. The van der Waals surface area contributed by atoms with E-state index >= 15 is 0 Å². The fourth-order valence-electron chi connectivity index (χ4n) is 7.69. The first kappa shape index (κ1) is 20.7. The molecule has 4 heteroatoms. The molecule has 3 aliphatic carbocycles. The van der Waals surface area contributed by atoms with Crippen LogP contribution in [-0.4, -0.2) is 26.0 Å². The van der Waals surface area contributed by atoms with Gasteiger partial charge in [0.1, 0.15) is 5.60 Å². The van der Waals surface area contributed by atoms with Gasteiger partial charge in [-0.1, -0.05) is 53.2 Å². The Morgan fingerprint density at radius 2 is 1.68 bits per heavy atom. The molecule has 1 heterocycles. The number of esters is 1.